The smallest absolute Gasteiger partial charge is 0.357 e. The summed E-state index contributed by atoms with van der Waals surface area (Å²) in [7, 11) is 1.24. The van der Waals surface area contributed by atoms with Crippen LogP contribution >= 0.6 is 15.9 Å². The Morgan fingerprint density at radius 3 is 2.91 bits per heavy atom. The molecule has 1 aliphatic rings. The summed E-state index contributed by atoms with van der Waals surface area (Å²) in [6.45, 7) is 0.687. The molecule has 1 aliphatic heterocycles. The molecule has 2 N–H and O–H groups in total. The number of hydrogen-bond acceptors (Lipinski definition) is 5. The molecule has 1 amide bonds. The average Bonchev–Trinajstić information content (AvgIpc) is 2.79. The first-order valence-corrected chi connectivity index (χ1v) is 7.23. The Labute approximate surface area is 134 Å². The lowest BCUT2D eigenvalue weighted by molar-refractivity contribution is 0.0584. The van der Waals surface area contributed by atoms with Gasteiger partial charge in [-0.15, -0.1) is 0 Å². The first kappa shape index (κ1) is 14.6. The third kappa shape index (κ3) is 2.25. The molecule has 3 rings (SSSR count). The molecule has 2 heterocycles. The van der Waals surface area contributed by atoms with E-state index in [2.05, 4.69) is 20.9 Å². The number of rotatable bonds is 2. The SMILES string of the molecule is COC(=O)c1c(C(N)=O)nc2n1CCOc1ccc(Br)cc1-2. The van der Waals surface area contributed by atoms with Crippen molar-refractivity contribution < 1.29 is 19.1 Å². The van der Waals surface area contributed by atoms with Crippen molar-refractivity contribution in [2.45, 2.75) is 6.54 Å². The zero-order valence-corrected chi connectivity index (χ0v) is 13.2. The maximum Gasteiger partial charge on any atom is 0.357 e. The Hall–Kier alpha value is -2.35. The summed E-state index contributed by atoms with van der Waals surface area (Å²) in [5.41, 5.74) is 5.96. The van der Waals surface area contributed by atoms with Crippen LogP contribution in [0.15, 0.2) is 22.7 Å². The van der Waals surface area contributed by atoms with Crippen LogP contribution in [0.2, 0.25) is 0 Å². The number of ether oxygens (including phenoxy) is 2. The van der Waals surface area contributed by atoms with Crippen molar-refractivity contribution in [1.82, 2.24) is 9.55 Å². The van der Waals surface area contributed by atoms with Crippen molar-refractivity contribution in [3.05, 3.63) is 34.1 Å². The van der Waals surface area contributed by atoms with Gasteiger partial charge in [0.05, 0.1) is 19.2 Å². The van der Waals surface area contributed by atoms with E-state index >= 15 is 0 Å². The van der Waals surface area contributed by atoms with Crippen LogP contribution in [0.3, 0.4) is 0 Å². The summed E-state index contributed by atoms with van der Waals surface area (Å²) < 4.78 is 12.8. The predicted octanol–water partition coefficient (Wildman–Crippen LogP) is 1.59. The van der Waals surface area contributed by atoms with Crippen molar-refractivity contribution in [1.29, 1.82) is 0 Å². The van der Waals surface area contributed by atoms with Crippen LogP contribution in [0, 0.1) is 0 Å². The van der Waals surface area contributed by atoms with Crippen molar-refractivity contribution in [2.24, 2.45) is 5.73 Å². The summed E-state index contributed by atoms with van der Waals surface area (Å²) in [5, 5.41) is 0. The molecule has 114 valence electrons. The molecule has 7 nitrogen and oxygen atoms in total. The molecule has 8 heteroatoms. The lowest BCUT2D eigenvalue weighted by Crippen LogP contribution is -2.20. The van der Waals surface area contributed by atoms with Gasteiger partial charge >= 0.3 is 5.97 Å². The highest BCUT2D eigenvalue weighted by Crippen LogP contribution is 2.35. The number of benzene rings is 1. The van der Waals surface area contributed by atoms with Gasteiger partial charge in [0.15, 0.2) is 11.4 Å². The second-order valence-electron chi connectivity index (χ2n) is 4.63. The van der Waals surface area contributed by atoms with Gasteiger partial charge in [0.2, 0.25) is 0 Å². The molecule has 0 fully saturated rings. The molecule has 2 aromatic rings. The molecule has 0 atom stereocenters. The fourth-order valence-corrected chi connectivity index (χ4v) is 2.76. The minimum absolute atomic E-state index is 0.0430. The van der Waals surface area contributed by atoms with Gasteiger partial charge in [-0.3, -0.25) is 4.79 Å². The largest absolute Gasteiger partial charge is 0.491 e. The van der Waals surface area contributed by atoms with Crippen molar-refractivity contribution in [3.8, 4) is 17.1 Å². The lowest BCUT2D eigenvalue weighted by atomic mass is 10.2. The van der Waals surface area contributed by atoms with Crippen molar-refractivity contribution in [3.63, 3.8) is 0 Å². The van der Waals surface area contributed by atoms with E-state index in [4.69, 9.17) is 15.2 Å². The van der Waals surface area contributed by atoms with Gasteiger partial charge in [-0.25, -0.2) is 9.78 Å². The molecule has 0 saturated heterocycles. The second kappa shape index (κ2) is 5.45. The van der Waals surface area contributed by atoms with Gasteiger partial charge in [-0.1, -0.05) is 15.9 Å². The number of halogens is 1. The van der Waals surface area contributed by atoms with E-state index in [1.54, 1.807) is 10.6 Å². The summed E-state index contributed by atoms with van der Waals surface area (Å²) >= 11 is 3.39. The summed E-state index contributed by atoms with van der Waals surface area (Å²) in [6, 6.07) is 5.45. The minimum Gasteiger partial charge on any atom is -0.491 e. The van der Waals surface area contributed by atoms with Crippen LogP contribution in [0.1, 0.15) is 21.0 Å². The molecule has 1 aromatic carbocycles. The van der Waals surface area contributed by atoms with E-state index in [1.165, 1.54) is 7.11 Å². The van der Waals surface area contributed by atoms with Gasteiger partial charge < -0.3 is 19.8 Å². The fraction of sp³-hybridized carbons (Fsp3) is 0.214. The Kier molecular flexibility index (Phi) is 3.61. The van der Waals surface area contributed by atoms with E-state index in [0.717, 1.165) is 4.47 Å². The first-order valence-electron chi connectivity index (χ1n) is 6.44. The number of nitrogens with zero attached hydrogens (tertiary/aromatic N) is 2. The number of aromatic nitrogens is 2. The van der Waals surface area contributed by atoms with E-state index in [-0.39, 0.29) is 11.4 Å². The normalized spacial score (nSPS) is 12.6. The molecule has 0 aliphatic carbocycles. The Balaban J connectivity index is 2.31. The number of amides is 1. The van der Waals surface area contributed by atoms with Crippen LogP contribution in [-0.4, -0.2) is 35.1 Å². The fourth-order valence-electron chi connectivity index (χ4n) is 2.40. The van der Waals surface area contributed by atoms with Gasteiger partial charge in [0.25, 0.3) is 5.91 Å². The Bertz CT molecular complexity index is 785. The van der Waals surface area contributed by atoms with Crippen LogP contribution in [0.25, 0.3) is 11.4 Å². The van der Waals surface area contributed by atoms with Crippen molar-refractivity contribution in [2.75, 3.05) is 13.7 Å². The van der Waals surface area contributed by atoms with Crippen LogP contribution in [0.5, 0.6) is 5.75 Å². The number of imidazole rings is 1. The first-order chi connectivity index (χ1) is 10.5. The standard InChI is InChI=1S/C14H12BrN3O4/c1-21-14(20)11-10(12(16)19)17-13-8-6-7(15)2-3-9(8)22-5-4-18(11)13/h2-3,6H,4-5H2,1H3,(H2,16,19). The number of methoxy groups -OCH3 is 1. The third-order valence-electron chi connectivity index (χ3n) is 3.33. The Morgan fingerprint density at radius 2 is 2.23 bits per heavy atom. The third-order valence-corrected chi connectivity index (χ3v) is 3.83. The number of hydrogen-bond donors (Lipinski definition) is 1. The number of carbonyl (C=O) groups is 2. The highest BCUT2D eigenvalue weighted by Gasteiger charge is 2.30. The van der Waals surface area contributed by atoms with E-state index < -0.39 is 11.9 Å². The lowest BCUT2D eigenvalue weighted by Gasteiger charge is -2.07. The number of fused-ring (bicyclic) bond motifs is 3. The number of nitrogens with two attached hydrogens (primary N) is 1. The summed E-state index contributed by atoms with van der Waals surface area (Å²) in [5.74, 6) is -0.369. The number of carbonyl (C=O) groups excluding carboxylic acids is 2. The Morgan fingerprint density at radius 1 is 1.45 bits per heavy atom. The number of primary amides is 1. The highest BCUT2D eigenvalue weighted by molar-refractivity contribution is 9.10. The summed E-state index contributed by atoms with van der Waals surface area (Å²) in [4.78, 5) is 27.9. The molecule has 0 unspecified atom stereocenters. The molecule has 22 heavy (non-hydrogen) atoms. The van der Waals surface area contributed by atoms with Gasteiger partial charge in [-0.2, -0.15) is 0 Å². The summed E-state index contributed by atoms with van der Waals surface area (Å²) in [6.07, 6.45) is 0. The van der Waals surface area contributed by atoms with Gasteiger partial charge in [-0.05, 0) is 18.2 Å². The number of esters is 1. The second-order valence-corrected chi connectivity index (χ2v) is 5.54. The zero-order valence-electron chi connectivity index (χ0n) is 11.6. The predicted molar refractivity (Wildman–Crippen MR) is 80.7 cm³/mol. The zero-order chi connectivity index (χ0) is 15.9. The van der Waals surface area contributed by atoms with Crippen LogP contribution in [0.4, 0.5) is 0 Å². The monoisotopic (exact) mass is 365 g/mol. The van der Waals surface area contributed by atoms with E-state index in [1.807, 2.05) is 12.1 Å². The maximum absolute atomic E-state index is 12.0. The topological polar surface area (TPSA) is 96.4 Å². The molecule has 0 saturated carbocycles. The van der Waals surface area contributed by atoms with Gasteiger partial charge in [0.1, 0.15) is 18.2 Å². The van der Waals surface area contributed by atoms with E-state index in [9.17, 15) is 9.59 Å². The molecule has 0 spiro atoms. The molecule has 1 aromatic heterocycles. The van der Waals surface area contributed by atoms with Crippen LogP contribution in [-0.2, 0) is 11.3 Å². The maximum atomic E-state index is 12.0. The highest BCUT2D eigenvalue weighted by atomic mass is 79.9. The quantitative estimate of drug-likeness (QED) is 0.815. The average molecular weight is 366 g/mol. The minimum atomic E-state index is -0.779. The molecular weight excluding hydrogens is 354 g/mol. The van der Waals surface area contributed by atoms with E-state index in [0.29, 0.717) is 30.3 Å². The van der Waals surface area contributed by atoms with Gasteiger partial charge in [0, 0.05) is 4.47 Å². The molecule has 0 radical (unpaired) electrons. The van der Waals surface area contributed by atoms with Crippen molar-refractivity contribution >= 4 is 27.8 Å². The molecule has 0 bridgehead atoms. The molecular formula is C14H12BrN3O4. The van der Waals surface area contributed by atoms with Crippen LogP contribution < -0.4 is 10.5 Å².